The maximum atomic E-state index is 13.8. The van der Waals surface area contributed by atoms with Crippen molar-refractivity contribution >= 4 is 22.6 Å². The van der Waals surface area contributed by atoms with Crippen molar-refractivity contribution in [1.29, 1.82) is 0 Å². The Labute approximate surface area is 200 Å². The van der Waals surface area contributed by atoms with Crippen LogP contribution in [-0.4, -0.2) is 47.6 Å². The van der Waals surface area contributed by atoms with Crippen LogP contribution in [-0.2, 0) is 0 Å². The van der Waals surface area contributed by atoms with Gasteiger partial charge < -0.3 is 0 Å². The van der Waals surface area contributed by atoms with E-state index >= 15 is 0 Å². The predicted molar refractivity (Wildman–Crippen MR) is 96.2 cm³/mol. The van der Waals surface area contributed by atoms with Gasteiger partial charge >= 0.3 is 47.6 Å². The molecule has 0 aromatic rings. The Hall–Kier alpha value is -0.720. The van der Waals surface area contributed by atoms with E-state index in [1.807, 2.05) is 0 Å². The van der Waals surface area contributed by atoms with E-state index in [9.17, 15) is 74.6 Å². The number of unbranched alkanes of at least 4 members (excludes halogenated alkanes) is 4. The van der Waals surface area contributed by atoms with Crippen LogP contribution in [0.4, 0.5) is 74.6 Å². The fraction of sp³-hybridized carbons (Fsp3) is 0.882. The van der Waals surface area contributed by atoms with Gasteiger partial charge in [0.05, 0.1) is 0 Å². The minimum absolute atomic E-state index is 0.000202. The molecule has 0 unspecified atom stereocenters. The zero-order valence-electron chi connectivity index (χ0n) is 17.1. The molecule has 0 N–H and O–H groups in total. The molecule has 0 aliphatic heterocycles. The summed E-state index contributed by atoms with van der Waals surface area (Å²) in [5.41, 5.74) is 0. The molecule has 0 saturated carbocycles. The minimum atomic E-state index is -8.60. The maximum Gasteiger partial charge on any atom is 0.460 e. The van der Waals surface area contributed by atoms with Crippen molar-refractivity contribution in [3.8, 4) is 0 Å². The number of alkyl halides is 17. The first-order valence-corrected chi connectivity index (χ1v) is 10.4. The Morgan fingerprint density at radius 3 is 1.23 bits per heavy atom. The average molecular weight is 670 g/mol. The van der Waals surface area contributed by atoms with E-state index in [-0.39, 0.29) is 6.42 Å². The van der Waals surface area contributed by atoms with Gasteiger partial charge in [0.25, 0.3) is 0 Å². The number of allylic oxidation sites excluding steroid dienone is 2. The highest BCUT2D eigenvalue weighted by Crippen LogP contribution is 2.64. The third-order valence-electron chi connectivity index (χ3n) is 4.60. The summed E-state index contributed by atoms with van der Waals surface area (Å²) < 4.78 is 223. The van der Waals surface area contributed by atoms with Gasteiger partial charge in [0.1, 0.15) is 0 Å². The molecule has 0 rings (SSSR count). The summed E-state index contributed by atoms with van der Waals surface area (Å²) >= 11 is 0.888. The normalized spacial score (nSPS) is 16.1. The van der Waals surface area contributed by atoms with E-state index in [1.165, 1.54) is 0 Å². The second-order valence-electron chi connectivity index (χ2n) is 7.32. The molecule has 0 bridgehead atoms. The van der Waals surface area contributed by atoms with Crippen LogP contribution in [0.2, 0.25) is 0 Å². The molecule has 0 fully saturated rings. The number of hydrogen-bond donors (Lipinski definition) is 0. The molecule has 0 atom stereocenters. The van der Waals surface area contributed by atoms with E-state index in [0.717, 1.165) is 29.0 Å². The lowest BCUT2D eigenvalue weighted by Gasteiger charge is -2.42. The van der Waals surface area contributed by atoms with Gasteiger partial charge in [-0.05, 0) is 39.0 Å². The van der Waals surface area contributed by atoms with Crippen LogP contribution < -0.4 is 0 Å². The van der Waals surface area contributed by atoms with Crippen LogP contribution in [0.1, 0.15) is 45.4 Å². The van der Waals surface area contributed by atoms with Crippen LogP contribution >= 0.6 is 22.6 Å². The summed E-state index contributed by atoms with van der Waals surface area (Å²) in [6.45, 7) is 1.78. The quantitative estimate of drug-likeness (QED) is 0.104. The molecule has 210 valence electrons. The van der Waals surface area contributed by atoms with E-state index in [4.69, 9.17) is 0 Å². The molecule has 0 aromatic carbocycles. The van der Waals surface area contributed by atoms with Crippen molar-refractivity contribution in [2.75, 3.05) is 0 Å². The molecule has 0 aliphatic carbocycles. The summed E-state index contributed by atoms with van der Waals surface area (Å²) in [6.07, 6.45) is -7.07. The highest BCUT2D eigenvalue weighted by Gasteiger charge is 2.95. The second-order valence-corrected chi connectivity index (χ2v) is 8.71. The fourth-order valence-corrected chi connectivity index (χ4v) is 3.21. The summed E-state index contributed by atoms with van der Waals surface area (Å²) in [5, 5.41) is 0. The van der Waals surface area contributed by atoms with Crippen molar-refractivity contribution in [1.82, 2.24) is 0 Å². The van der Waals surface area contributed by atoms with Crippen molar-refractivity contribution < 1.29 is 74.6 Å². The Morgan fingerprint density at radius 2 is 0.857 bits per heavy atom. The third-order valence-corrected chi connectivity index (χ3v) is 5.45. The first kappa shape index (κ1) is 34.3. The lowest BCUT2D eigenvalue weighted by Crippen LogP contribution is -2.74. The van der Waals surface area contributed by atoms with Gasteiger partial charge in [-0.3, -0.25) is 0 Å². The van der Waals surface area contributed by atoms with Crippen LogP contribution in [0.15, 0.2) is 9.66 Å². The Bertz CT molecular complexity index is 735. The Morgan fingerprint density at radius 1 is 0.514 bits per heavy atom. The van der Waals surface area contributed by atoms with Gasteiger partial charge in [-0.2, -0.15) is 74.6 Å². The maximum absolute atomic E-state index is 13.8. The number of halogens is 18. The molecule has 0 nitrogen and oxygen atoms in total. The monoisotopic (exact) mass is 670 g/mol. The zero-order valence-corrected chi connectivity index (χ0v) is 19.3. The Kier molecular flexibility index (Phi) is 10.4. The number of hydrogen-bond acceptors (Lipinski definition) is 0. The standard InChI is InChI=1S/C17H16F17I/c1-2-3-4-5-6-7-9(35)8-10(18,19)11(20,21)12(22,23)13(24,25)14(26,27)15(28,29)16(30,31)17(32,33)34/h8H,2-7H2,1H3. The highest BCUT2D eigenvalue weighted by molar-refractivity contribution is 14.1. The average Bonchev–Trinajstić information content (AvgIpc) is 2.65. The van der Waals surface area contributed by atoms with Crippen LogP contribution in [0.5, 0.6) is 0 Å². The van der Waals surface area contributed by atoms with Crippen LogP contribution in [0.3, 0.4) is 0 Å². The molecule has 0 heterocycles. The van der Waals surface area contributed by atoms with E-state index < -0.39 is 63.7 Å². The SMILES string of the molecule is CCCCCCCC(I)=CC(F)(F)C(F)(F)C(F)(F)C(F)(F)C(F)(F)C(F)(F)C(F)(F)C(F)(F)F. The van der Waals surface area contributed by atoms with Crippen molar-refractivity contribution in [3.05, 3.63) is 9.66 Å². The van der Waals surface area contributed by atoms with Crippen molar-refractivity contribution in [3.63, 3.8) is 0 Å². The van der Waals surface area contributed by atoms with Gasteiger partial charge in [-0.1, -0.05) is 32.6 Å². The topological polar surface area (TPSA) is 0 Å². The van der Waals surface area contributed by atoms with E-state index in [1.54, 1.807) is 6.92 Å². The molecule has 18 heteroatoms. The van der Waals surface area contributed by atoms with Gasteiger partial charge in [0, 0.05) is 6.08 Å². The molecule has 35 heavy (non-hydrogen) atoms. The van der Waals surface area contributed by atoms with Crippen molar-refractivity contribution in [2.24, 2.45) is 0 Å². The van der Waals surface area contributed by atoms with E-state index in [0.29, 0.717) is 19.3 Å². The van der Waals surface area contributed by atoms with Crippen molar-refractivity contribution in [2.45, 2.75) is 93.1 Å². The largest absolute Gasteiger partial charge is 0.460 e. The van der Waals surface area contributed by atoms with Gasteiger partial charge in [0.2, 0.25) is 0 Å². The van der Waals surface area contributed by atoms with E-state index in [2.05, 4.69) is 0 Å². The predicted octanol–water partition coefficient (Wildman–Crippen LogP) is 9.68. The molecule has 0 amide bonds. The summed E-state index contributed by atoms with van der Waals surface area (Å²) in [4.78, 5) is 0. The minimum Gasteiger partial charge on any atom is -0.195 e. The highest BCUT2D eigenvalue weighted by atomic mass is 127. The summed E-state index contributed by atoms with van der Waals surface area (Å²) in [5.74, 6) is -56.1. The zero-order chi connectivity index (χ0) is 28.5. The van der Waals surface area contributed by atoms with Gasteiger partial charge in [-0.25, -0.2) is 0 Å². The number of rotatable bonds is 13. The molecule has 0 spiro atoms. The molecular formula is C17H16F17I. The van der Waals surface area contributed by atoms with Crippen LogP contribution in [0.25, 0.3) is 0 Å². The van der Waals surface area contributed by atoms with Crippen LogP contribution in [0, 0.1) is 0 Å². The molecule has 0 aromatic heterocycles. The Balaban J connectivity index is 6.33. The van der Waals surface area contributed by atoms with Gasteiger partial charge in [-0.15, -0.1) is 0 Å². The first-order valence-electron chi connectivity index (χ1n) is 9.29. The lowest BCUT2D eigenvalue weighted by atomic mass is 9.89. The summed E-state index contributed by atoms with van der Waals surface area (Å²) in [7, 11) is 0. The molecular weight excluding hydrogens is 654 g/mol. The van der Waals surface area contributed by atoms with Gasteiger partial charge in [0.15, 0.2) is 0 Å². The fourth-order valence-electron chi connectivity index (χ4n) is 2.43. The first-order chi connectivity index (χ1) is 15.2. The smallest absolute Gasteiger partial charge is 0.195 e. The summed E-state index contributed by atoms with van der Waals surface area (Å²) in [6, 6.07) is 0. The third kappa shape index (κ3) is 5.90. The second kappa shape index (κ2) is 10.6. The molecule has 0 saturated heterocycles. The molecule has 0 radical (unpaired) electrons. The molecule has 0 aliphatic rings. The lowest BCUT2D eigenvalue weighted by molar-refractivity contribution is -0.459.